The number of amides is 1. The Morgan fingerprint density at radius 1 is 0.861 bits per heavy atom. The van der Waals surface area contributed by atoms with Gasteiger partial charge in [-0.2, -0.15) is 0 Å². The van der Waals surface area contributed by atoms with Crippen LogP contribution in [0.4, 0.5) is 5.69 Å². The van der Waals surface area contributed by atoms with Crippen LogP contribution in [0.3, 0.4) is 0 Å². The van der Waals surface area contributed by atoms with Gasteiger partial charge in [-0.25, -0.2) is 4.79 Å². The Hall–Kier alpha value is -3.98. The third-order valence-electron chi connectivity index (χ3n) is 6.09. The summed E-state index contributed by atoms with van der Waals surface area (Å²) in [6, 6.07) is 7.69. The molecule has 9 heteroatoms. The van der Waals surface area contributed by atoms with Crippen molar-refractivity contribution in [2.45, 2.75) is 45.1 Å². The standard InChI is InChI=1S/C18H20N2O3.C9H8O4/c1-20(2)10-12-6-8-13(9-7-12)19-18(22)14-11-23-16-5-3-4-15(21)17(14)16;10-6-2-1-3-7-8(6)5(4-13-7)9(11)12/h6-9,11H,3-5,10H2,1-2H3,(H,19,22);4H,1-3H2,(H,11,12). The molecule has 1 amide bonds. The summed E-state index contributed by atoms with van der Waals surface area (Å²) in [7, 11) is 4.02. The number of fused-ring (bicyclic) bond motifs is 2. The van der Waals surface area contributed by atoms with Crippen LogP contribution < -0.4 is 5.32 Å². The predicted molar refractivity (Wildman–Crippen MR) is 131 cm³/mol. The molecular weight excluding hydrogens is 464 g/mol. The van der Waals surface area contributed by atoms with Gasteiger partial charge >= 0.3 is 5.97 Å². The van der Waals surface area contributed by atoms with Gasteiger partial charge in [-0.05, 0) is 44.6 Å². The lowest BCUT2D eigenvalue weighted by Crippen LogP contribution is -2.18. The molecule has 0 spiro atoms. The fraction of sp³-hybridized carbons (Fsp3) is 0.333. The van der Waals surface area contributed by atoms with E-state index >= 15 is 0 Å². The molecule has 0 fully saturated rings. The van der Waals surface area contributed by atoms with Crippen molar-refractivity contribution in [1.29, 1.82) is 0 Å². The second-order valence-corrected chi connectivity index (χ2v) is 9.14. The number of hydrogen-bond acceptors (Lipinski definition) is 7. The highest BCUT2D eigenvalue weighted by molar-refractivity contribution is 6.13. The molecule has 5 rings (SSSR count). The molecule has 0 saturated carbocycles. The number of hydrogen-bond donors (Lipinski definition) is 2. The molecule has 0 atom stereocenters. The number of benzene rings is 1. The number of aromatic carboxylic acids is 1. The fourth-order valence-electron chi connectivity index (χ4n) is 4.43. The molecule has 2 aliphatic carbocycles. The third kappa shape index (κ3) is 5.46. The van der Waals surface area contributed by atoms with E-state index < -0.39 is 5.97 Å². The van der Waals surface area contributed by atoms with E-state index in [0.29, 0.717) is 54.0 Å². The van der Waals surface area contributed by atoms with Gasteiger partial charge in [0.15, 0.2) is 11.6 Å². The molecule has 36 heavy (non-hydrogen) atoms. The highest BCUT2D eigenvalue weighted by Gasteiger charge is 2.28. The summed E-state index contributed by atoms with van der Waals surface area (Å²) < 4.78 is 10.4. The van der Waals surface area contributed by atoms with E-state index in [4.69, 9.17) is 13.9 Å². The van der Waals surface area contributed by atoms with Crippen molar-refractivity contribution < 1.29 is 33.1 Å². The second-order valence-electron chi connectivity index (χ2n) is 9.14. The van der Waals surface area contributed by atoms with Crippen molar-refractivity contribution in [2.75, 3.05) is 19.4 Å². The Balaban J connectivity index is 0.000000197. The summed E-state index contributed by atoms with van der Waals surface area (Å²) in [6.07, 6.45) is 6.35. The minimum Gasteiger partial charge on any atom is -0.478 e. The van der Waals surface area contributed by atoms with Crippen molar-refractivity contribution in [1.82, 2.24) is 4.90 Å². The summed E-state index contributed by atoms with van der Waals surface area (Å²) in [6.45, 7) is 0.845. The van der Waals surface area contributed by atoms with Crippen LogP contribution in [0.15, 0.2) is 45.6 Å². The van der Waals surface area contributed by atoms with Crippen LogP contribution in [0.1, 0.15) is 84.2 Å². The van der Waals surface area contributed by atoms with Gasteiger partial charge in [-0.3, -0.25) is 14.4 Å². The number of carbonyl (C=O) groups is 4. The molecule has 0 radical (unpaired) electrons. The molecule has 188 valence electrons. The van der Waals surface area contributed by atoms with Crippen molar-refractivity contribution in [3.63, 3.8) is 0 Å². The number of Topliss-reactive ketones (excluding diaryl/α,β-unsaturated/α-hetero) is 2. The number of carboxylic acid groups (broad SMARTS) is 1. The average Bonchev–Trinajstić information content (AvgIpc) is 3.47. The summed E-state index contributed by atoms with van der Waals surface area (Å²) in [5.41, 5.74) is 2.94. The zero-order chi connectivity index (χ0) is 25.8. The lowest BCUT2D eigenvalue weighted by atomic mass is 9.94. The number of nitrogens with one attached hydrogen (secondary N) is 1. The Bertz CT molecular complexity index is 1300. The lowest BCUT2D eigenvalue weighted by molar-refractivity contribution is 0.0690. The zero-order valence-electron chi connectivity index (χ0n) is 20.3. The number of furan rings is 2. The molecule has 1 aromatic carbocycles. The first-order valence-electron chi connectivity index (χ1n) is 11.8. The van der Waals surface area contributed by atoms with E-state index in [9.17, 15) is 19.2 Å². The minimum absolute atomic E-state index is 0.000278. The van der Waals surface area contributed by atoms with Crippen LogP contribution in [-0.4, -0.2) is 47.5 Å². The number of carboxylic acids is 1. The molecular formula is C27H28N2O7. The van der Waals surface area contributed by atoms with Crippen molar-refractivity contribution in [2.24, 2.45) is 0 Å². The number of aryl methyl sites for hydroxylation is 2. The van der Waals surface area contributed by atoms with E-state index in [-0.39, 0.29) is 28.6 Å². The smallest absolute Gasteiger partial charge is 0.339 e. The van der Waals surface area contributed by atoms with Gasteiger partial charge in [0.25, 0.3) is 5.91 Å². The maximum atomic E-state index is 12.4. The zero-order valence-corrected chi connectivity index (χ0v) is 20.3. The van der Waals surface area contributed by atoms with Gasteiger partial charge in [0, 0.05) is 37.9 Å². The molecule has 2 aliphatic rings. The van der Waals surface area contributed by atoms with Crippen molar-refractivity contribution in [3.8, 4) is 0 Å². The maximum absolute atomic E-state index is 12.4. The predicted octanol–water partition coefficient (Wildman–Crippen LogP) is 4.61. The highest BCUT2D eigenvalue weighted by Crippen LogP contribution is 2.27. The van der Waals surface area contributed by atoms with Gasteiger partial charge in [0.05, 0.1) is 16.7 Å². The Labute approximate surface area is 208 Å². The molecule has 3 aromatic rings. The maximum Gasteiger partial charge on any atom is 0.339 e. The minimum atomic E-state index is -1.10. The number of rotatable bonds is 5. The number of anilines is 1. The van der Waals surface area contributed by atoms with Gasteiger partial charge < -0.3 is 24.2 Å². The van der Waals surface area contributed by atoms with Crippen LogP contribution in [0, 0.1) is 0 Å². The van der Waals surface area contributed by atoms with Crippen LogP contribution in [0.5, 0.6) is 0 Å². The summed E-state index contributed by atoms with van der Waals surface area (Å²) in [5, 5.41) is 11.6. The van der Waals surface area contributed by atoms with E-state index in [1.54, 1.807) is 0 Å². The molecule has 2 aromatic heterocycles. The van der Waals surface area contributed by atoms with Gasteiger partial charge in [0.2, 0.25) is 0 Å². The Kier molecular flexibility index (Phi) is 7.49. The topological polar surface area (TPSA) is 130 Å². The molecule has 2 heterocycles. The average molecular weight is 493 g/mol. The van der Waals surface area contributed by atoms with Crippen LogP contribution >= 0.6 is 0 Å². The van der Waals surface area contributed by atoms with Gasteiger partial charge in [-0.1, -0.05) is 12.1 Å². The molecule has 2 N–H and O–H groups in total. The highest BCUT2D eigenvalue weighted by atomic mass is 16.4. The number of nitrogens with zero attached hydrogens (tertiary/aromatic N) is 1. The van der Waals surface area contributed by atoms with Gasteiger partial charge in [0.1, 0.15) is 29.6 Å². The van der Waals surface area contributed by atoms with E-state index in [1.807, 2.05) is 38.4 Å². The number of ketones is 2. The number of carbonyl (C=O) groups excluding carboxylic acids is 3. The largest absolute Gasteiger partial charge is 0.478 e. The SMILES string of the molecule is CN(C)Cc1ccc(NC(=O)c2coc3c2C(=O)CCC3)cc1.O=C(O)c1coc2c1C(=O)CCC2. The summed E-state index contributed by atoms with van der Waals surface area (Å²) in [5.74, 6) is -0.369. The van der Waals surface area contributed by atoms with Crippen molar-refractivity contribution in [3.05, 3.63) is 76.1 Å². The Morgan fingerprint density at radius 2 is 1.39 bits per heavy atom. The molecule has 0 unspecified atom stereocenters. The van der Waals surface area contributed by atoms with E-state index in [1.165, 1.54) is 11.8 Å². The van der Waals surface area contributed by atoms with Crippen LogP contribution in [0.25, 0.3) is 0 Å². The van der Waals surface area contributed by atoms with Crippen LogP contribution in [-0.2, 0) is 19.4 Å². The van der Waals surface area contributed by atoms with E-state index in [0.717, 1.165) is 25.6 Å². The van der Waals surface area contributed by atoms with Crippen molar-refractivity contribution >= 4 is 29.1 Å². The fourth-order valence-corrected chi connectivity index (χ4v) is 4.43. The first kappa shape index (κ1) is 25.1. The third-order valence-corrected chi connectivity index (χ3v) is 6.09. The summed E-state index contributed by atoms with van der Waals surface area (Å²) in [4.78, 5) is 48.5. The molecule has 0 aliphatic heterocycles. The van der Waals surface area contributed by atoms with Gasteiger partial charge in [-0.15, -0.1) is 0 Å². The van der Waals surface area contributed by atoms with E-state index in [2.05, 4.69) is 10.2 Å². The quantitative estimate of drug-likeness (QED) is 0.528. The summed E-state index contributed by atoms with van der Waals surface area (Å²) >= 11 is 0. The first-order chi connectivity index (χ1) is 17.2. The normalized spacial score (nSPS) is 14.5. The monoisotopic (exact) mass is 492 g/mol. The lowest BCUT2D eigenvalue weighted by Gasteiger charge is -2.11. The molecule has 0 bridgehead atoms. The molecule has 0 saturated heterocycles. The Morgan fingerprint density at radius 3 is 1.92 bits per heavy atom. The first-order valence-corrected chi connectivity index (χ1v) is 11.8. The molecule has 9 nitrogen and oxygen atoms in total. The second kappa shape index (κ2) is 10.7. The van der Waals surface area contributed by atoms with Crippen LogP contribution in [0.2, 0.25) is 0 Å².